The summed E-state index contributed by atoms with van der Waals surface area (Å²) in [5.41, 5.74) is 9.36. The molecule has 9 nitrogen and oxygen atoms in total. The van der Waals surface area contributed by atoms with Gasteiger partial charge in [0.25, 0.3) is 5.91 Å². The second-order valence-electron chi connectivity index (χ2n) is 9.95. The maximum Gasteiger partial charge on any atom is 0.416 e. The molecule has 3 rings (SSSR count). The van der Waals surface area contributed by atoms with Crippen molar-refractivity contribution >= 4 is 23.0 Å². The predicted octanol–water partition coefficient (Wildman–Crippen LogP) is 4.26. The minimum absolute atomic E-state index is 0.0286. The molecule has 0 radical (unpaired) electrons. The molecule has 0 saturated heterocycles. The molecule has 0 aliphatic heterocycles. The third-order valence-electron chi connectivity index (χ3n) is 6.67. The number of aryl methyl sites for hydroxylation is 1. The van der Waals surface area contributed by atoms with Crippen LogP contribution in [0.3, 0.4) is 0 Å². The molecule has 1 aliphatic rings. The van der Waals surface area contributed by atoms with Crippen LogP contribution in [0.1, 0.15) is 35.7 Å². The molecule has 1 amide bonds. The fourth-order valence-corrected chi connectivity index (χ4v) is 4.18. The van der Waals surface area contributed by atoms with Crippen molar-refractivity contribution in [3.8, 4) is 0 Å². The first-order chi connectivity index (χ1) is 18.7. The Morgan fingerprint density at radius 1 is 1.20 bits per heavy atom. The van der Waals surface area contributed by atoms with Crippen molar-refractivity contribution in [2.24, 2.45) is 18.6 Å². The van der Waals surface area contributed by atoms with Crippen molar-refractivity contribution in [1.29, 1.82) is 0 Å². The number of anilines is 2. The van der Waals surface area contributed by atoms with E-state index in [1.165, 1.54) is 24.2 Å². The lowest BCUT2D eigenvalue weighted by atomic mass is 10.0. The monoisotopic (exact) mass is 558 g/mol. The Hall–Kier alpha value is -4.03. The van der Waals surface area contributed by atoms with E-state index in [2.05, 4.69) is 15.7 Å². The number of nitrogens with two attached hydrogens (primary N) is 2. The van der Waals surface area contributed by atoms with E-state index in [9.17, 15) is 18.0 Å². The van der Waals surface area contributed by atoms with E-state index in [1.54, 1.807) is 30.1 Å². The third kappa shape index (κ3) is 7.33. The predicted molar refractivity (Wildman–Crippen MR) is 153 cm³/mol. The molecule has 40 heavy (non-hydrogen) atoms. The van der Waals surface area contributed by atoms with Gasteiger partial charge in [-0.05, 0) is 70.6 Å². The Bertz CT molecular complexity index is 1380. The first-order valence-electron chi connectivity index (χ1n) is 12.7. The van der Waals surface area contributed by atoms with Gasteiger partial charge in [0, 0.05) is 54.5 Å². The van der Waals surface area contributed by atoms with Crippen LogP contribution in [0.2, 0.25) is 0 Å². The number of carbonyl (C=O) groups excluding carboxylic acids is 1. The van der Waals surface area contributed by atoms with Crippen molar-refractivity contribution < 1.29 is 18.0 Å². The normalized spacial score (nSPS) is 14.4. The quantitative estimate of drug-likeness (QED) is 0.268. The van der Waals surface area contributed by atoms with Gasteiger partial charge in [-0.2, -0.15) is 18.3 Å². The SMILES string of the molecule is CC1=CCC=C(C(=O)Nc2cc(NCCN(C)C)c(C)c(C(F)(F)F)c2)C=C1N(N)/C=C(\N)c1cnn(C)c1C. The Kier molecular flexibility index (Phi) is 9.48. The van der Waals surface area contributed by atoms with Crippen molar-refractivity contribution in [2.45, 2.75) is 33.4 Å². The zero-order chi connectivity index (χ0) is 29.8. The molecule has 0 saturated carbocycles. The van der Waals surface area contributed by atoms with Crippen LogP contribution in [0.15, 0.2) is 59.6 Å². The summed E-state index contributed by atoms with van der Waals surface area (Å²) in [5, 5.41) is 11.2. The Labute approximate surface area is 232 Å². The highest BCUT2D eigenvalue weighted by molar-refractivity contribution is 6.06. The molecule has 12 heteroatoms. The molecule has 0 spiro atoms. The van der Waals surface area contributed by atoms with Gasteiger partial charge >= 0.3 is 6.18 Å². The number of benzene rings is 1. The molecule has 216 valence electrons. The fourth-order valence-electron chi connectivity index (χ4n) is 4.18. The molecule has 0 fully saturated rings. The van der Waals surface area contributed by atoms with Crippen LogP contribution >= 0.6 is 0 Å². The summed E-state index contributed by atoms with van der Waals surface area (Å²) in [6, 6.07) is 2.46. The zero-order valence-corrected chi connectivity index (χ0v) is 23.6. The number of carbonyl (C=O) groups is 1. The molecule has 1 aromatic heterocycles. The standard InChI is InChI=1S/C28H37F3N8O/c1-17-8-7-9-20(12-26(17)39(33)16-24(32)22-15-35-38(6)19(22)3)27(40)36-21-13-23(28(29,30)31)18(2)25(14-21)34-10-11-37(4)5/h8-9,12-16,34H,7,10-11,32-33H2,1-6H3,(H,36,40)/b24-16-. The molecule has 1 heterocycles. The fraction of sp³-hybridized carbons (Fsp3) is 0.357. The van der Waals surface area contributed by atoms with E-state index in [-0.39, 0.29) is 16.8 Å². The first-order valence-corrected chi connectivity index (χ1v) is 12.7. The van der Waals surface area contributed by atoms with Crippen LogP contribution in [-0.4, -0.2) is 52.8 Å². The van der Waals surface area contributed by atoms with Gasteiger partial charge in [-0.1, -0.05) is 12.2 Å². The summed E-state index contributed by atoms with van der Waals surface area (Å²) in [6.07, 6.45) is 4.19. The van der Waals surface area contributed by atoms with E-state index in [0.29, 0.717) is 36.6 Å². The molecule has 0 bridgehead atoms. The lowest BCUT2D eigenvalue weighted by Gasteiger charge is -2.20. The topological polar surface area (TPSA) is 117 Å². The highest BCUT2D eigenvalue weighted by Gasteiger charge is 2.34. The van der Waals surface area contributed by atoms with Crippen molar-refractivity contribution in [2.75, 3.05) is 37.8 Å². The minimum Gasteiger partial charge on any atom is -0.397 e. The molecule has 1 aromatic carbocycles. The van der Waals surface area contributed by atoms with Crippen LogP contribution in [0.25, 0.3) is 5.70 Å². The lowest BCUT2D eigenvalue weighted by Crippen LogP contribution is -2.27. The van der Waals surface area contributed by atoms with Crippen LogP contribution in [0.5, 0.6) is 0 Å². The Morgan fingerprint density at radius 3 is 2.50 bits per heavy atom. The van der Waals surface area contributed by atoms with Crippen LogP contribution in [0.4, 0.5) is 24.5 Å². The van der Waals surface area contributed by atoms with Gasteiger partial charge in [-0.15, -0.1) is 0 Å². The Morgan fingerprint density at radius 2 is 1.90 bits per heavy atom. The van der Waals surface area contributed by atoms with Crippen LogP contribution in [0, 0.1) is 13.8 Å². The summed E-state index contributed by atoms with van der Waals surface area (Å²) in [4.78, 5) is 15.2. The number of allylic oxidation sites excluding steroid dienone is 3. The van der Waals surface area contributed by atoms with Crippen molar-refractivity contribution in [3.63, 3.8) is 0 Å². The smallest absolute Gasteiger partial charge is 0.397 e. The molecule has 6 N–H and O–H groups in total. The molecular formula is C28H37F3N8O. The van der Waals surface area contributed by atoms with Gasteiger partial charge in [0.1, 0.15) is 0 Å². The van der Waals surface area contributed by atoms with Gasteiger partial charge in [-0.25, -0.2) is 5.84 Å². The lowest BCUT2D eigenvalue weighted by molar-refractivity contribution is -0.138. The number of halogens is 3. The molecular weight excluding hydrogens is 521 g/mol. The average molecular weight is 559 g/mol. The summed E-state index contributed by atoms with van der Waals surface area (Å²) in [7, 11) is 5.55. The molecule has 0 atom stereocenters. The van der Waals surface area contributed by atoms with Gasteiger partial charge in [-0.3, -0.25) is 14.5 Å². The summed E-state index contributed by atoms with van der Waals surface area (Å²) >= 11 is 0. The highest BCUT2D eigenvalue weighted by atomic mass is 19.4. The van der Waals surface area contributed by atoms with E-state index in [0.717, 1.165) is 22.9 Å². The zero-order valence-electron chi connectivity index (χ0n) is 23.6. The van der Waals surface area contributed by atoms with Crippen LogP contribution in [-0.2, 0) is 18.0 Å². The van der Waals surface area contributed by atoms with Crippen LogP contribution < -0.4 is 22.2 Å². The number of hydrogen-bond donors (Lipinski definition) is 4. The number of alkyl halides is 3. The van der Waals surface area contributed by atoms with E-state index in [1.807, 2.05) is 38.9 Å². The number of nitrogens with one attached hydrogen (secondary N) is 2. The number of rotatable bonds is 9. The third-order valence-corrected chi connectivity index (χ3v) is 6.67. The maximum atomic E-state index is 13.8. The molecule has 1 aliphatic carbocycles. The number of amides is 1. The van der Waals surface area contributed by atoms with Crippen molar-refractivity contribution in [3.05, 3.63) is 82.0 Å². The van der Waals surface area contributed by atoms with E-state index < -0.39 is 17.6 Å². The second-order valence-corrected chi connectivity index (χ2v) is 9.95. The van der Waals surface area contributed by atoms with Gasteiger partial charge in [0.2, 0.25) is 0 Å². The number of hydrazine groups is 1. The summed E-state index contributed by atoms with van der Waals surface area (Å²) < 4.78 is 43.2. The number of nitrogens with zero attached hydrogens (tertiary/aromatic N) is 4. The molecule has 0 unspecified atom stereocenters. The van der Waals surface area contributed by atoms with Gasteiger partial charge in [0.15, 0.2) is 0 Å². The summed E-state index contributed by atoms with van der Waals surface area (Å²) in [6.45, 7) is 6.20. The average Bonchev–Trinajstić information content (AvgIpc) is 3.06. The maximum absolute atomic E-state index is 13.8. The largest absolute Gasteiger partial charge is 0.416 e. The number of hydrogen-bond acceptors (Lipinski definition) is 7. The van der Waals surface area contributed by atoms with Gasteiger partial charge < -0.3 is 21.3 Å². The number of likely N-dealkylation sites (N-methyl/N-ethyl adjacent to an activating group) is 1. The first kappa shape index (κ1) is 30.5. The van der Waals surface area contributed by atoms with E-state index in [4.69, 9.17) is 11.6 Å². The Balaban J connectivity index is 1.90. The van der Waals surface area contributed by atoms with Gasteiger partial charge in [0.05, 0.1) is 23.2 Å². The highest BCUT2D eigenvalue weighted by Crippen LogP contribution is 2.37. The minimum atomic E-state index is -4.59. The van der Waals surface area contributed by atoms with E-state index >= 15 is 0 Å². The molecule has 2 aromatic rings. The second kappa shape index (κ2) is 12.4. The van der Waals surface area contributed by atoms with Crippen molar-refractivity contribution in [1.82, 2.24) is 19.7 Å². The summed E-state index contributed by atoms with van der Waals surface area (Å²) in [5.74, 6) is 5.77. The number of aromatic nitrogens is 2.